The fourth-order valence-corrected chi connectivity index (χ4v) is 2.91. The van der Waals surface area contributed by atoms with Gasteiger partial charge < -0.3 is 9.64 Å². The number of esters is 1. The summed E-state index contributed by atoms with van der Waals surface area (Å²) in [6.45, 7) is 3.37. The van der Waals surface area contributed by atoms with Gasteiger partial charge in [0.1, 0.15) is 6.42 Å². The van der Waals surface area contributed by atoms with E-state index in [0.717, 1.165) is 32.2 Å². The van der Waals surface area contributed by atoms with Gasteiger partial charge in [-0.2, -0.15) is 0 Å². The first kappa shape index (κ1) is 13.3. The second-order valence-corrected chi connectivity index (χ2v) is 5.11. The van der Waals surface area contributed by atoms with E-state index < -0.39 is 5.97 Å². The molecule has 0 aromatic rings. The van der Waals surface area contributed by atoms with Crippen molar-refractivity contribution < 1.29 is 14.3 Å². The highest BCUT2D eigenvalue weighted by Crippen LogP contribution is 2.24. The summed E-state index contributed by atoms with van der Waals surface area (Å²) >= 11 is 0. The Morgan fingerprint density at radius 1 is 1.11 bits per heavy atom. The largest absolute Gasteiger partial charge is 0.469 e. The summed E-state index contributed by atoms with van der Waals surface area (Å²) in [5.41, 5.74) is 0. The number of carbonyl (C=O) groups excluding carboxylic acids is 2. The molecule has 102 valence electrons. The monoisotopic (exact) mass is 254 g/mol. The average molecular weight is 254 g/mol. The van der Waals surface area contributed by atoms with Crippen molar-refractivity contribution >= 4 is 11.9 Å². The second-order valence-electron chi connectivity index (χ2n) is 5.11. The smallest absolute Gasteiger partial charge is 0.315 e. The maximum atomic E-state index is 11.8. The van der Waals surface area contributed by atoms with Crippen molar-refractivity contribution in [3.63, 3.8) is 0 Å². The number of rotatable bonds is 3. The fourth-order valence-electron chi connectivity index (χ4n) is 2.91. The summed E-state index contributed by atoms with van der Waals surface area (Å²) in [6, 6.07) is 0.725. The van der Waals surface area contributed by atoms with Crippen LogP contribution in [-0.2, 0) is 14.3 Å². The zero-order chi connectivity index (χ0) is 13.0. The highest BCUT2D eigenvalue weighted by Gasteiger charge is 2.28. The van der Waals surface area contributed by atoms with E-state index in [1.807, 2.05) is 0 Å². The Hall–Kier alpha value is -1.10. The number of amides is 1. The van der Waals surface area contributed by atoms with Gasteiger partial charge in [0.2, 0.25) is 5.91 Å². The van der Waals surface area contributed by atoms with Crippen LogP contribution in [0.25, 0.3) is 0 Å². The van der Waals surface area contributed by atoms with Crippen LogP contribution >= 0.6 is 0 Å². The van der Waals surface area contributed by atoms with E-state index in [1.54, 1.807) is 4.90 Å². The molecule has 0 aromatic heterocycles. The molecule has 1 saturated carbocycles. The van der Waals surface area contributed by atoms with Gasteiger partial charge in [-0.15, -0.1) is 0 Å². The Morgan fingerprint density at radius 3 is 2.28 bits per heavy atom. The SMILES string of the molecule is COC(=O)CC(=O)N1CCN(C2CCCC2)CC1. The maximum absolute atomic E-state index is 11.8. The van der Waals surface area contributed by atoms with Crippen LogP contribution in [0.4, 0.5) is 0 Å². The molecule has 0 N–H and O–H groups in total. The van der Waals surface area contributed by atoms with Gasteiger partial charge in [0, 0.05) is 32.2 Å². The second kappa shape index (κ2) is 6.18. The van der Waals surface area contributed by atoms with Crippen molar-refractivity contribution in [1.82, 2.24) is 9.80 Å². The molecule has 1 heterocycles. The number of ether oxygens (including phenoxy) is 1. The van der Waals surface area contributed by atoms with Crippen LogP contribution in [0.1, 0.15) is 32.1 Å². The molecule has 5 heteroatoms. The van der Waals surface area contributed by atoms with Gasteiger partial charge in [-0.1, -0.05) is 12.8 Å². The molecule has 1 aliphatic carbocycles. The highest BCUT2D eigenvalue weighted by atomic mass is 16.5. The molecule has 1 amide bonds. The molecule has 18 heavy (non-hydrogen) atoms. The molecular weight excluding hydrogens is 232 g/mol. The predicted molar refractivity (Wildman–Crippen MR) is 67.0 cm³/mol. The van der Waals surface area contributed by atoms with Crippen molar-refractivity contribution in [2.24, 2.45) is 0 Å². The Bertz CT molecular complexity index is 305. The van der Waals surface area contributed by atoms with Gasteiger partial charge in [0.15, 0.2) is 0 Å². The Labute approximate surface area is 108 Å². The van der Waals surface area contributed by atoms with Gasteiger partial charge in [0.05, 0.1) is 7.11 Å². The average Bonchev–Trinajstić information content (AvgIpc) is 2.92. The third kappa shape index (κ3) is 3.22. The summed E-state index contributed by atoms with van der Waals surface area (Å²) in [4.78, 5) is 27.1. The van der Waals surface area contributed by atoms with E-state index in [4.69, 9.17) is 0 Å². The van der Waals surface area contributed by atoms with E-state index in [1.165, 1.54) is 32.8 Å². The molecule has 0 unspecified atom stereocenters. The molecule has 0 aromatic carbocycles. The lowest BCUT2D eigenvalue weighted by atomic mass is 10.1. The number of hydrogen-bond acceptors (Lipinski definition) is 4. The molecule has 0 radical (unpaired) electrons. The predicted octanol–water partition coefficient (Wildman–Crippen LogP) is 0.636. The lowest BCUT2D eigenvalue weighted by Crippen LogP contribution is -2.51. The Kier molecular flexibility index (Phi) is 4.58. The fraction of sp³-hybridized carbons (Fsp3) is 0.846. The van der Waals surface area contributed by atoms with E-state index >= 15 is 0 Å². The summed E-state index contributed by atoms with van der Waals surface area (Å²) in [7, 11) is 1.31. The number of carbonyl (C=O) groups is 2. The van der Waals surface area contributed by atoms with Gasteiger partial charge >= 0.3 is 5.97 Å². The molecule has 0 spiro atoms. The van der Waals surface area contributed by atoms with Gasteiger partial charge in [-0.3, -0.25) is 14.5 Å². The van der Waals surface area contributed by atoms with Gasteiger partial charge in [0.25, 0.3) is 0 Å². The molecular formula is C13H22N2O3. The first-order chi connectivity index (χ1) is 8.70. The third-order valence-corrected chi connectivity index (χ3v) is 4.03. The lowest BCUT2D eigenvalue weighted by Gasteiger charge is -2.38. The minimum absolute atomic E-state index is 0.104. The molecule has 0 atom stereocenters. The first-order valence-electron chi connectivity index (χ1n) is 6.79. The molecule has 1 aliphatic heterocycles. The van der Waals surface area contributed by atoms with Crippen LogP contribution in [0.3, 0.4) is 0 Å². The van der Waals surface area contributed by atoms with Crippen LogP contribution in [0.15, 0.2) is 0 Å². The Balaban J connectivity index is 1.75. The highest BCUT2D eigenvalue weighted by molar-refractivity contribution is 5.94. The quantitative estimate of drug-likeness (QED) is 0.548. The van der Waals surface area contributed by atoms with Crippen LogP contribution in [0.5, 0.6) is 0 Å². The molecule has 2 rings (SSSR count). The van der Waals surface area contributed by atoms with Crippen molar-refractivity contribution in [2.45, 2.75) is 38.1 Å². The molecule has 2 fully saturated rings. The summed E-state index contributed by atoms with van der Waals surface area (Å²) in [5.74, 6) is -0.550. The van der Waals surface area contributed by atoms with Gasteiger partial charge in [-0.25, -0.2) is 0 Å². The van der Waals surface area contributed by atoms with Crippen molar-refractivity contribution in [1.29, 1.82) is 0 Å². The molecule has 0 bridgehead atoms. The number of methoxy groups -OCH3 is 1. The van der Waals surface area contributed by atoms with E-state index in [-0.39, 0.29) is 12.3 Å². The standard InChI is InChI=1S/C13H22N2O3/c1-18-13(17)10-12(16)15-8-6-14(7-9-15)11-4-2-3-5-11/h11H,2-10H2,1H3. The molecule has 1 saturated heterocycles. The van der Waals surface area contributed by atoms with Crippen LogP contribution in [0, 0.1) is 0 Å². The van der Waals surface area contributed by atoms with Crippen LogP contribution in [0.2, 0.25) is 0 Å². The Morgan fingerprint density at radius 2 is 1.72 bits per heavy atom. The van der Waals surface area contributed by atoms with Crippen LogP contribution < -0.4 is 0 Å². The zero-order valence-corrected chi connectivity index (χ0v) is 11.1. The van der Waals surface area contributed by atoms with E-state index in [2.05, 4.69) is 9.64 Å². The number of nitrogens with zero attached hydrogens (tertiary/aromatic N) is 2. The van der Waals surface area contributed by atoms with Crippen molar-refractivity contribution in [3.05, 3.63) is 0 Å². The van der Waals surface area contributed by atoms with Crippen molar-refractivity contribution in [2.75, 3.05) is 33.3 Å². The van der Waals surface area contributed by atoms with E-state index in [9.17, 15) is 9.59 Å². The topological polar surface area (TPSA) is 49.9 Å². The third-order valence-electron chi connectivity index (χ3n) is 4.03. The minimum Gasteiger partial charge on any atom is -0.469 e. The number of hydrogen-bond donors (Lipinski definition) is 0. The van der Waals surface area contributed by atoms with E-state index in [0.29, 0.717) is 0 Å². The molecule has 5 nitrogen and oxygen atoms in total. The summed E-state index contributed by atoms with van der Waals surface area (Å²) in [6.07, 6.45) is 5.16. The van der Waals surface area contributed by atoms with Crippen molar-refractivity contribution in [3.8, 4) is 0 Å². The minimum atomic E-state index is -0.446. The summed E-state index contributed by atoms with van der Waals surface area (Å²) < 4.78 is 4.52. The normalized spacial score (nSPS) is 22.2. The number of piperazine rings is 1. The lowest BCUT2D eigenvalue weighted by molar-refractivity contribution is -0.147. The zero-order valence-electron chi connectivity index (χ0n) is 11.1. The van der Waals surface area contributed by atoms with Gasteiger partial charge in [-0.05, 0) is 12.8 Å². The molecule has 2 aliphatic rings. The maximum Gasteiger partial charge on any atom is 0.315 e. The first-order valence-corrected chi connectivity index (χ1v) is 6.79. The van der Waals surface area contributed by atoms with Crippen LogP contribution in [-0.4, -0.2) is 61.0 Å². The summed E-state index contributed by atoms with van der Waals surface area (Å²) in [5, 5.41) is 0.